The fourth-order valence-corrected chi connectivity index (χ4v) is 2.88. The first-order chi connectivity index (χ1) is 12.7. The summed E-state index contributed by atoms with van der Waals surface area (Å²) in [5.41, 5.74) is 3.29. The van der Waals surface area contributed by atoms with Crippen LogP contribution in [0.15, 0.2) is 61.1 Å². The molecule has 0 saturated heterocycles. The van der Waals surface area contributed by atoms with E-state index >= 15 is 0 Å². The standard InChI is InChI=1S/C19H16ClN5O/c20-16-4-1-13(2-5-16)7-10-22-19(26)15-3-6-17-23-24-18(25(17)12-15)14-8-9-21-11-14/h1-6,8-9,11-12,21H,7,10H2,(H,22,26). The van der Waals surface area contributed by atoms with E-state index < -0.39 is 0 Å². The van der Waals surface area contributed by atoms with Crippen LogP contribution in [0.4, 0.5) is 0 Å². The van der Waals surface area contributed by atoms with Crippen molar-refractivity contribution < 1.29 is 4.79 Å². The molecule has 0 aliphatic heterocycles. The number of benzene rings is 1. The number of hydrogen-bond donors (Lipinski definition) is 2. The zero-order chi connectivity index (χ0) is 17.9. The van der Waals surface area contributed by atoms with Crippen LogP contribution in [-0.2, 0) is 6.42 Å². The first-order valence-corrected chi connectivity index (χ1v) is 8.59. The van der Waals surface area contributed by atoms with Crippen molar-refractivity contribution in [3.63, 3.8) is 0 Å². The summed E-state index contributed by atoms with van der Waals surface area (Å²) in [4.78, 5) is 15.5. The summed E-state index contributed by atoms with van der Waals surface area (Å²) in [7, 11) is 0. The number of carbonyl (C=O) groups excluding carboxylic acids is 1. The fraction of sp³-hybridized carbons (Fsp3) is 0.105. The number of fused-ring (bicyclic) bond motifs is 1. The number of nitrogens with one attached hydrogen (secondary N) is 2. The number of halogens is 1. The molecule has 0 saturated carbocycles. The van der Waals surface area contributed by atoms with Gasteiger partial charge in [0.1, 0.15) is 0 Å². The second kappa shape index (κ2) is 7.01. The minimum absolute atomic E-state index is 0.130. The Labute approximate surface area is 154 Å². The molecule has 1 amide bonds. The summed E-state index contributed by atoms with van der Waals surface area (Å²) in [5.74, 6) is 0.562. The zero-order valence-corrected chi connectivity index (χ0v) is 14.6. The van der Waals surface area contributed by atoms with Crippen LogP contribution >= 0.6 is 11.6 Å². The number of hydrogen-bond acceptors (Lipinski definition) is 3. The van der Waals surface area contributed by atoms with Gasteiger partial charge in [0.2, 0.25) is 0 Å². The van der Waals surface area contributed by atoms with Gasteiger partial charge >= 0.3 is 0 Å². The smallest absolute Gasteiger partial charge is 0.252 e. The van der Waals surface area contributed by atoms with Gasteiger partial charge in [0, 0.05) is 35.7 Å². The molecular formula is C19H16ClN5O. The molecule has 26 heavy (non-hydrogen) atoms. The van der Waals surface area contributed by atoms with Crippen LogP contribution in [-0.4, -0.2) is 32.0 Å². The van der Waals surface area contributed by atoms with Crippen LogP contribution in [0.2, 0.25) is 5.02 Å². The topological polar surface area (TPSA) is 75.1 Å². The molecular weight excluding hydrogens is 350 g/mol. The molecule has 130 valence electrons. The van der Waals surface area contributed by atoms with E-state index in [1.54, 1.807) is 18.3 Å². The van der Waals surface area contributed by atoms with E-state index in [0.717, 1.165) is 17.5 Å². The molecule has 4 aromatic rings. The number of pyridine rings is 1. The molecule has 0 bridgehead atoms. The molecule has 0 aliphatic rings. The van der Waals surface area contributed by atoms with E-state index in [1.807, 2.05) is 47.1 Å². The van der Waals surface area contributed by atoms with Crippen LogP contribution in [0, 0.1) is 0 Å². The van der Waals surface area contributed by atoms with Gasteiger partial charge in [-0.05, 0) is 42.3 Å². The second-order valence-corrected chi connectivity index (χ2v) is 6.34. The fourth-order valence-electron chi connectivity index (χ4n) is 2.76. The average molecular weight is 366 g/mol. The van der Waals surface area contributed by atoms with Crippen molar-refractivity contribution in [1.82, 2.24) is 24.9 Å². The van der Waals surface area contributed by atoms with Gasteiger partial charge in [-0.15, -0.1) is 10.2 Å². The lowest BCUT2D eigenvalue weighted by molar-refractivity contribution is 0.0953. The summed E-state index contributed by atoms with van der Waals surface area (Å²) in [6.07, 6.45) is 6.17. The van der Waals surface area contributed by atoms with Gasteiger partial charge in [-0.2, -0.15) is 0 Å². The third-order valence-corrected chi connectivity index (χ3v) is 4.39. The first-order valence-electron chi connectivity index (χ1n) is 8.21. The highest BCUT2D eigenvalue weighted by Gasteiger charge is 2.12. The van der Waals surface area contributed by atoms with E-state index in [2.05, 4.69) is 20.5 Å². The molecule has 3 heterocycles. The van der Waals surface area contributed by atoms with Crippen molar-refractivity contribution in [3.8, 4) is 11.4 Å². The average Bonchev–Trinajstić information content (AvgIpc) is 3.31. The zero-order valence-electron chi connectivity index (χ0n) is 13.8. The monoisotopic (exact) mass is 365 g/mol. The van der Waals surface area contributed by atoms with Gasteiger partial charge in [-0.3, -0.25) is 9.20 Å². The Balaban J connectivity index is 1.48. The summed E-state index contributed by atoms with van der Waals surface area (Å²) < 4.78 is 1.82. The molecule has 0 radical (unpaired) electrons. The maximum atomic E-state index is 12.5. The Morgan fingerprint density at radius 1 is 1.12 bits per heavy atom. The van der Waals surface area contributed by atoms with Crippen LogP contribution < -0.4 is 5.32 Å². The predicted octanol–water partition coefficient (Wildman–Crippen LogP) is 3.35. The van der Waals surface area contributed by atoms with Crippen molar-refractivity contribution >= 4 is 23.2 Å². The van der Waals surface area contributed by atoms with Crippen LogP contribution in [0.3, 0.4) is 0 Å². The van der Waals surface area contributed by atoms with Crippen LogP contribution in [0.25, 0.3) is 17.0 Å². The third kappa shape index (κ3) is 3.32. The normalized spacial score (nSPS) is 11.0. The molecule has 1 aromatic carbocycles. The summed E-state index contributed by atoms with van der Waals surface area (Å²) in [6.45, 7) is 0.547. The van der Waals surface area contributed by atoms with Gasteiger partial charge < -0.3 is 10.3 Å². The van der Waals surface area contributed by atoms with E-state index in [-0.39, 0.29) is 5.91 Å². The Morgan fingerprint density at radius 3 is 2.73 bits per heavy atom. The van der Waals surface area contributed by atoms with Crippen molar-refractivity contribution in [3.05, 3.63) is 77.2 Å². The lowest BCUT2D eigenvalue weighted by atomic mass is 10.1. The van der Waals surface area contributed by atoms with Crippen LogP contribution in [0.1, 0.15) is 15.9 Å². The van der Waals surface area contributed by atoms with Gasteiger partial charge in [-0.25, -0.2) is 0 Å². The molecule has 2 N–H and O–H groups in total. The highest BCUT2D eigenvalue weighted by molar-refractivity contribution is 6.30. The maximum absolute atomic E-state index is 12.5. The highest BCUT2D eigenvalue weighted by Crippen LogP contribution is 2.18. The minimum Gasteiger partial charge on any atom is -0.367 e. The van der Waals surface area contributed by atoms with Crippen molar-refractivity contribution in [2.45, 2.75) is 6.42 Å². The van der Waals surface area contributed by atoms with E-state index in [1.165, 1.54) is 0 Å². The summed E-state index contributed by atoms with van der Waals surface area (Å²) >= 11 is 5.88. The molecule has 7 heteroatoms. The molecule has 0 fully saturated rings. The molecule has 0 spiro atoms. The third-order valence-electron chi connectivity index (χ3n) is 4.13. The molecule has 0 atom stereocenters. The molecule has 6 nitrogen and oxygen atoms in total. The number of carbonyl (C=O) groups is 1. The van der Waals surface area contributed by atoms with Crippen molar-refractivity contribution in [2.24, 2.45) is 0 Å². The van der Waals surface area contributed by atoms with Gasteiger partial charge in [-0.1, -0.05) is 23.7 Å². The van der Waals surface area contributed by atoms with E-state index in [9.17, 15) is 4.79 Å². The number of nitrogens with zero attached hydrogens (tertiary/aromatic N) is 3. The van der Waals surface area contributed by atoms with Gasteiger partial charge in [0.05, 0.1) is 5.56 Å². The molecule has 3 aromatic heterocycles. The predicted molar refractivity (Wildman–Crippen MR) is 100 cm³/mol. The number of H-pyrrole nitrogens is 1. The Kier molecular flexibility index (Phi) is 4.41. The summed E-state index contributed by atoms with van der Waals surface area (Å²) in [5, 5.41) is 12.0. The largest absolute Gasteiger partial charge is 0.367 e. The number of aromatic nitrogens is 4. The van der Waals surface area contributed by atoms with E-state index in [0.29, 0.717) is 28.6 Å². The first kappa shape index (κ1) is 16.4. The highest BCUT2D eigenvalue weighted by atomic mass is 35.5. The SMILES string of the molecule is O=C(NCCc1ccc(Cl)cc1)c1ccc2nnc(-c3cc[nH]c3)n2c1. The lowest BCUT2D eigenvalue weighted by Gasteiger charge is -2.06. The summed E-state index contributed by atoms with van der Waals surface area (Å²) in [6, 6.07) is 13.1. The van der Waals surface area contributed by atoms with Gasteiger partial charge in [0.25, 0.3) is 5.91 Å². The lowest BCUT2D eigenvalue weighted by Crippen LogP contribution is -2.25. The minimum atomic E-state index is -0.130. The Morgan fingerprint density at radius 2 is 1.96 bits per heavy atom. The Hall–Kier alpha value is -3.12. The second-order valence-electron chi connectivity index (χ2n) is 5.90. The quantitative estimate of drug-likeness (QED) is 0.569. The maximum Gasteiger partial charge on any atom is 0.252 e. The molecule has 0 aliphatic carbocycles. The number of amides is 1. The molecule has 0 unspecified atom stereocenters. The van der Waals surface area contributed by atoms with Crippen molar-refractivity contribution in [1.29, 1.82) is 0 Å². The number of aromatic amines is 1. The Bertz CT molecular complexity index is 1040. The van der Waals surface area contributed by atoms with Crippen LogP contribution in [0.5, 0.6) is 0 Å². The van der Waals surface area contributed by atoms with E-state index in [4.69, 9.17) is 11.6 Å². The number of rotatable bonds is 5. The van der Waals surface area contributed by atoms with Gasteiger partial charge in [0.15, 0.2) is 11.5 Å². The van der Waals surface area contributed by atoms with Crippen molar-refractivity contribution in [2.75, 3.05) is 6.54 Å². The molecule has 4 rings (SSSR count).